The van der Waals surface area contributed by atoms with Gasteiger partial charge in [0.1, 0.15) is 17.2 Å². The van der Waals surface area contributed by atoms with Gasteiger partial charge >= 0.3 is 12.1 Å². The van der Waals surface area contributed by atoms with E-state index in [0.717, 1.165) is 23.0 Å². The summed E-state index contributed by atoms with van der Waals surface area (Å²) in [6.07, 6.45) is -1.75. The van der Waals surface area contributed by atoms with Gasteiger partial charge in [-0.3, -0.25) is 0 Å². The molecule has 0 aliphatic heterocycles. The highest BCUT2D eigenvalue weighted by atomic mass is 35.5. The van der Waals surface area contributed by atoms with Gasteiger partial charge in [-0.2, -0.15) is 18.3 Å². The lowest BCUT2D eigenvalue weighted by molar-refractivity contribution is -0.141. The number of benzene rings is 1. The van der Waals surface area contributed by atoms with Gasteiger partial charge in [0.2, 0.25) is 0 Å². The van der Waals surface area contributed by atoms with Gasteiger partial charge in [0.25, 0.3) is 0 Å². The zero-order chi connectivity index (χ0) is 19.6. The fraction of sp³-hybridized carbons (Fsp3) is 0.214. The van der Waals surface area contributed by atoms with Gasteiger partial charge in [0.05, 0.1) is 26.7 Å². The molecule has 2 N–H and O–H groups in total. The molecule has 0 radical (unpaired) electrons. The number of nitrogen functional groups attached to an aromatic ring is 1. The molecule has 0 atom stereocenters. The number of carbonyl (C=O) groups excluding carboxylic acids is 1. The number of nitrogens with two attached hydrogens (primary N) is 1. The van der Waals surface area contributed by atoms with Crippen molar-refractivity contribution in [3.8, 4) is 5.69 Å². The van der Waals surface area contributed by atoms with Crippen molar-refractivity contribution in [2.45, 2.75) is 18.0 Å². The SMILES string of the molecule is CSc1c(/C=N/OC(C)=O)nn(-c2c(Cl)cc(C(F)(F)F)cc2Cl)c1N. The second-order valence-electron chi connectivity index (χ2n) is 4.82. The molecule has 0 saturated heterocycles. The maximum Gasteiger partial charge on any atom is 0.416 e. The van der Waals surface area contributed by atoms with Gasteiger partial charge in [-0.1, -0.05) is 28.4 Å². The Labute approximate surface area is 160 Å². The Kier molecular flexibility index (Phi) is 6.09. The summed E-state index contributed by atoms with van der Waals surface area (Å²) >= 11 is 13.2. The maximum atomic E-state index is 12.9. The molecule has 0 fully saturated rings. The number of nitrogens with zero attached hydrogens (tertiary/aromatic N) is 3. The van der Waals surface area contributed by atoms with E-state index in [0.29, 0.717) is 4.90 Å². The van der Waals surface area contributed by atoms with Crippen molar-refractivity contribution in [2.75, 3.05) is 12.0 Å². The number of hydrogen-bond acceptors (Lipinski definition) is 6. The van der Waals surface area contributed by atoms with E-state index < -0.39 is 17.7 Å². The number of hydrogen-bond donors (Lipinski definition) is 1. The minimum Gasteiger partial charge on any atom is -0.383 e. The number of thioether (sulfide) groups is 1. The third-order valence-electron chi connectivity index (χ3n) is 3.02. The van der Waals surface area contributed by atoms with E-state index in [9.17, 15) is 18.0 Å². The highest BCUT2D eigenvalue weighted by molar-refractivity contribution is 7.98. The molecule has 2 rings (SSSR count). The Bertz CT molecular complexity index is 861. The van der Waals surface area contributed by atoms with Gasteiger partial charge in [-0.15, -0.1) is 11.8 Å². The minimum atomic E-state index is -4.60. The third-order valence-corrected chi connectivity index (χ3v) is 4.42. The molecule has 1 aromatic carbocycles. The zero-order valence-corrected chi connectivity index (χ0v) is 15.6. The number of aromatic nitrogens is 2. The van der Waals surface area contributed by atoms with Gasteiger partial charge < -0.3 is 10.6 Å². The fourth-order valence-electron chi connectivity index (χ4n) is 1.98. The van der Waals surface area contributed by atoms with Gasteiger partial charge in [-0.05, 0) is 18.4 Å². The molecule has 0 saturated carbocycles. The molecule has 140 valence electrons. The van der Waals surface area contributed by atoms with Crippen LogP contribution in [0.2, 0.25) is 10.0 Å². The summed E-state index contributed by atoms with van der Waals surface area (Å²) in [5.74, 6) is -0.543. The molecule has 6 nitrogen and oxygen atoms in total. The van der Waals surface area contributed by atoms with Crippen LogP contribution in [0.3, 0.4) is 0 Å². The molecule has 0 unspecified atom stereocenters. The van der Waals surface area contributed by atoms with E-state index >= 15 is 0 Å². The molecule has 2 aromatic rings. The molecule has 0 spiro atoms. The van der Waals surface area contributed by atoms with Crippen molar-refractivity contribution in [3.63, 3.8) is 0 Å². The van der Waals surface area contributed by atoms with E-state index in [2.05, 4.69) is 15.1 Å². The molecule has 0 amide bonds. The predicted octanol–water partition coefficient (Wildman–Crippen LogP) is 4.40. The van der Waals surface area contributed by atoms with Crippen LogP contribution in [0.5, 0.6) is 0 Å². The van der Waals surface area contributed by atoms with Crippen LogP contribution in [0.15, 0.2) is 22.2 Å². The summed E-state index contributed by atoms with van der Waals surface area (Å²) in [5.41, 5.74) is 5.23. The zero-order valence-electron chi connectivity index (χ0n) is 13.3. The molecule has 1 aromatic heterocycles. The van der Waals surface area contributed by atoms with Crippen molar-refractivity contribution < 1.29 is 22.8 Å². The first kappa shape index (κ1) is 20.4. The largest absolute Gasteiger partial charge is 0.416 e. The third kappa shape index (κ3) is 4.25. The maximum absolute atomic E-state index is 12.9. The van der Waals surface area contributed by atoms with Gasteiger partial charge in [0.15, 0.2) is 0 Å². The van der Waals surface area contributed by atoms with Crippen LogP contribution in [0.1, 0.15) is 18.2 Å². The van der Waals surface area contributed by atoms with Crippen LogP contribution in [-0.4, -0.2) is 28.2 Å². The van der Waals surface area contributed by atoms with Crippen molar-refractivity contribution in [3.05, 3.63) is 33.4 Å². The first-order chi connectivity index (χ1) is 12.1. The predicted molar refractivity (Wildman–Crippen MR) is 94.1 cm³/mol. The van der Waals surface area contributed by atoms with E-state index in [1.807, 2.05) is 0 Å². The summed E-state index contributed by atoms with van der Waals surface area (Å²) in [6.45, 7) is 1.17. The summed E-state index contributed by atoms with van der Waals surface area (Å²) in [6, 6.07) is 1.46. The number of halogens is 5. The van der Waals surface area contributed by atoms with Gasteiger partial charge in [-0.25, -0.2) is 9.48 Å². The number of carbonyl (C=O) groups is 1. The van der Waals surface area contributed by atoms with Crippen LogP contribution in [0, 0.1) is 0 Å². The van der Waals surface area contributed by atoms with E-state index in [1.54, 1.807) is 6.26 Å². The lowest BCUT2D eigenvalue weighted by Crippen LogP contribution is -2.08. The summed E-state index contributed by atoms with van der Waals surface area (Å²) < 4.78 is 39.7. The Morgan fingerprint density at radius 2 is 1.96 bits per heavy atom. The summed E-state index contributed by atoms with van der Waals surface area (Å²) in [7, 11) is 0. The van der Waals surface area contributed by atoms with E-state index in [-0.39, 0.29) is 27.2 Å². The lowest BCUT2D eigenvalue weighted by atomic mass is 10.2. The molecule has 12 heteroatoms. The topological polar surface area (TPSA) is 82.5 Å². The first-order valence-electron chi connectivity index (χ1n) is 6.76. The van der Waals surface area contributed by atoms with Crippen LogP contribution < -0.4 is 5.73 Å². The number of oxime groups is 1. The molecule has 1 heterocycles. The van der Waals surface area contributed by atoms with E-state index in [1.165, 1.54) is 18.7 Å². The minimum absolute atomic E-state index is 0.0127. The number of rotatable bonds is 4. The first-order valence-corrected chi connectivity index (χ1v) is 8.74. The molecular weight excluding hydrogens is 416 g/mol. The fourth-order valence-corrected chi connectivity index (χ4v) is 3.23. The number of anilines is 1. The van der Waals surface area contributed by atoms with Crippen molar-refractivity contribution in [1.82, 2.24) is 9.78 Å². The summed E-state index contributed by atoms with van der Waals surface area (Å²) in [5, 5.41) is 7.03. The normalized spacial score (nSPS) is 12.0. The van der Waals surface area contributed by atoms with Crippen LogP contribution >= 0.6 is 35.0 Å². The second kappa shape index (κ2) is 7.77. The summed E-state index contributed by atoms with van der Waals surface area (Å²) in [4.78, 5) is 15.7. The molecule has 0 bridgehead atoms. The highest BCUT2D eigenvalue weighted by Gasteiger charge is 2.32. The van der Waals surface area contributed by atoms with Gasteiger partial charge in [0, 0.05) is 6.92 Å². The molecule has 0 aliphatic rings. The highest BCUT2D eigenvalue weighted by Crippen LogP contribution is 2.39. The Morgan fingerprint density at radius 1 is 1.38 bits per heavy atom. The average Bonchev–Trinajstić information content (AvgIpc) is 2.81. The van der Waals surface area contributed by atoms with Crippen molar-refractivity contribution >= 4 is 53.0 Å². The quantitative estimate of drug-likeness (QED) is 0.339. The number of alkyl halides is 3. The van der Waals surface area contributed by atoms with Crippen LogP contribution in [0.25, 0.3) is 5.69 Å². The second-order valence-corrected chi connectivity index (χ2v) is 6.45. The van der Waals surface area contributed by atoms with E-state index in [4.69, 9.17) is 28.9 Å². The Balaban J connectivity index is 2.57. The molecular formula is C14H11Cl2F3N4O2S. The van der Waals surface area contributed by atoms with Crippen LogP contribution in [0.4, 0.5) is 19.0 Å². The lowest BCUT2D eigenvalue weighted by Gasteiger charge is -2.13. The van der Waals surface area contributed by atoms with Crippen molar-refractivity contribution in [1.29, 1.82) is 0 Å². The Morgan fingerprint density at radius 3 is 2.42 bits per heavy atom. The van der Waals surface area contributed by atoms with Crippen LogP contribution in [-0.2, 0) is 15.8 Å². The smallest absolute Gasteiger partial charge is 0.383 e. The van der Waals surface area contributed by atoms with Crippen molar-refractivity contribution in [2.24, 2.45) is 5.16 Å². The standard InChI is InChI=1S/C14H11Cl2F3N4O2S/c1-6(24)25-21-5-10-12(26-2)13(20)23(22-10)11-8(15)3-7(4-9(11)16)14(17,18)19/h3-5H,20H2,1-2H3/b21-5+. The Hall–Kier alpha value is -1.91. The molecule has 26 heavy (non-hydrogen) atoms. The average molecular weight is 427 g/mol. The molecule has 0 aliphatic carbocycles. The monoisotopic (exact) mass is 426 g/mol.